The highest BCUT2D eigenvalue weighted by molar-refractivity contribution is 6.31. The van der Waals surface area contributed by atoms with Crippen molar-refractivity contribution in [3.8, 4) is 5.69 Å². The predicted molar refractivity (Wildman–Crippen MR) is 117 cm³/mol. The van der Waals surface area contributed by atoms with Crippen molar-refractivity contribution in [2.45, 2.75) is 50.9 Å². The number of carbonyl (C=O) groups is 1. The number of aryl methyl sites for hydroxylation is 1. The van der Waals surface area contributed by atoms with Gasteiger partial charge in [-0.2, -0.15) is 28.2 Å². The van der Waals surface area contributed by atoms with Crippen LogP contribution in [0.1, 0.15) is 47.9 Å². The van der Waals surface area contributed by atoms with E-state index >= 15 is 0 Å². The van der Waals surface area contributed by atoms with Crippen LogP contribution in [0.2, 0.25) is 5.02 Å². The molecular formula is C23H22ClF3N6O. The lowest BCUT2D eigenvalue weighted by molar-refractivity contribution is -0.138. The van der Waals surface area contributed by atoms with Crippen molar-refractivity contribution in [1.29, 1.82) is 0 Å². The third-order valence-electron chi connectivity index (χ3n) is 7.00. The molecule has 34 heavy (non-hydrogen) atoms. The van der Waals surface area contributed by atoms with Gasteiger partial charge in [0.15, 0.2) is 0 Å². The highest BCUT2D eigenvalue weighted by Gasteiger charge is 2.50. The minimum Gasteiger partial charge on any atom is -0.332 e. The largest absolute Gasteiger partial charge is 0.419 e. The Labute approximate surface area is 199 Å². The summed E-state index contributed by atoms with van der Waals surface area (Å²) in [5.41, 5.74) is 0.0800. The maximum absolute atomic E-state index is 13.9. The van der Waals surface area contributed by atoms with Gasteiger partial charge in [-0.3, -0.25) is 4.79 Å². The van der Waals surface area contributed by atoms with Crippen molar-refractivity contribution >= 4 is 17.5 Å². The van der Waals surface area contributed by atoms with E-state index in [0.717, 1.165) is 25.2 Å². The molecule has 0 radical (unpaired) electrons. The van der Waals surface area contributed by atoms with Crippen molar-refractivity contribution < 1.29 is 18.0 Å². The molecule has 3 aromatic rings. The van der Waals surface area contributed by atoms with Gasteiger partial charge in [0, 0.05) is 35.9 Å². The van der Waals surface area contributed by atoms with Crippen LogP contribution >= 0.6 is 11.6 Å². The summed E-state index contributed by atoms with van der Waals surface area (Å²) in [5.74, 6) is 0.951. The van der Waals surface area contributed by atoms with Gasteiger partial charge >= 0.3 is 6.18 Å². The lowest BCUT2D eigenvalue weighted by atomic mass is 9.64. The van der Waals surface area contributed by atoms with Gasteiger partial charge in [-0.1, -0.05) is 18.5 Å². The lowest BCUT2D eigenvalue weighted by Gasteiger charge is -2.57. The number of rotatable bonds is 5. The number of fused-ring (bicyclic) bond motifs is 2. The van der Waals surface area contributed by atoms with Crippen LogP contribution in [-0.4, -0.2) is 47.9 Å². The van der Waals surface area contributed by atoms with Gasteiger partial charge in [-0.25, -0.2) is 9.97 Å². The topological polar surface area (TPSA) is 76.8 Å². The second-order valence-corrected chi connectivity index (χ2v) is 9.37. The van der Waals surface area contributed by atoms with E-state index in [1.54, 1.807) is 18.2 Å². The molecule has 4 heterocycles. The Morgan fingerprint density at radius 1 is 1.15 bits per heavy atom. The average molecular weight is 491 g/mol. The van der Waals surface area contributed by atoms with Crippen molar-refractivity contribution in [2.75, 3.05) is 0 Å². The van der Waals surface area contributed by atoms with E-state index < -0.39 is 11.7 Å². The van der Waals surface area contributed by atoms with E-state index in [0.29, 0.717) is 40.9 Å². The Hall–Kier alpha value is -3.01. The van der Waals surface area contributed by atoms with Gasteiger partial charge in [-0.15, -0.1) is 0 Å². The summed E-state index contributed by atoms with van der Waals surface area (Å²) in [6.45, 7) is 2.13. The second-order valence-electron chi connectivity index (χ2n) is 8.93. The molecule has 3 fully saturated rings. The molecule has 2 saturated heterocycles. The summed E-state index contributed by atoms with van der Waals surface area (Å²) in [4.78, 5) is 25.0. The molecule has 2 aliphatic heterocycles. The van der Waals surface area contributed by atoms with Crippen LogP contribution in [0.15, 0.2) is 43.0 Å². The van der Waals surface area contributed by atoms with E-state index in [4.69, 9.17) is 11.6 Å². The van der Waals surface area contributed by atoms with E-state index in [9.17, 15) is 18.0 Å². The van der Waals surface area contributed by atoms with Crippen LogP contribution in [0.4, 0.5) is 13.2 Å². The highest BCUT2D eigenvalue weighted by atomic mass is 35.5. The number of alkyl halides is 3. The molecule has 2 aromatic heterocycles. The fourth-order valence-corrected chi connectivity index (χ4v) is 5.26. The number of piperidine rings is 2. The van der Waals surface area contributed by atoms with Crippen LogP contribution in [-0.2, 0) is 12.6 Å². The zero-order valence-corrected chi connectivity index (χ0v) is 19.0. The van der Waals surface area contributed by atoms with E-state index in [-0.39, 0.29) is 23.9 Å². The fourth-order valence-electron chi connectivity index (χ4n) is 5.08. The lowest BCUT2D eigenvalue weighted by Crippen LogP contribution is -2.63. The molecule has 7 nitrogen and oxygen atoms in total. The van der Waals surface area contributed by atoms with Crippen LogP contribution in [0, 0.1) is 11.8 Å². The number of carbonyl (C=O) groups excluding carboxylic acids is 1. The molecule has 1 amide bonds. The third kappa shape index (κ3) is 4.15. The average Bonchev–Trinajstić information content (AvgIpc) is 3.31. The number of hydrogen-bond acceptors (Lipinski definition) is 5. The van der Waals surface area contributed by atoms with Gasteiger partial charge in [0.05, 0.1) is 29.2 Å². The molecule has 11 heteroatoms. The monoisotopic (exact) mass is 490 g/mol. The fraction of sp³-hybridized carbons (Fsp3) is 0.435. The normalized spacial score (nSPS) is 24.1. The molecule has 1 aliphatic carbocycles. The molecule has 0 spiro atoms. The van der Waals surface area contributed by atoms with Crippen molar-refractivity contribution in [3.63, 3.8) is 0 Å². The maximum Gasteiger partial charge on any atom is 0.419 e. The van der Waals surface area contributed by atoms with Crippen LogP contribution in [0.25, 0.3) is 5.69 Å². The van der Waals surface area contributed by atoms with Gasteiger partial charge in [0.25, 0.3) is 5.91 Å². The van der Waals surface area contributed by atoms with Gasteiger partial charge in [0.1, 0.15) is 5.82 Å². The quantitative estimate of drug-likeness (QED) is 0.522. The summed E-state index contributed by atoms with van der Waals surface area (Å²) in [5, 5.41) is 8.76. The summed E-state index contributed by atoms with van der Waals surface area (Å²) < 4.78 is 38.4. The van der Waals surface area contributed by atoms with Crippen LogP contribution in [0.5, 0.6) is 0 Å². The molecule has 178 valence electrons. The molecule has 0 N–H and O–H groups in total. The second kappa shape index (κ2) is 8.65. The Morgan fingerprint density at radius 2 is 1.82 bits per heavy atom. The zero-order valence-electron chi connectivity index (χ0n) is 18.3. The summed E-state index contributed by atoms with van der Waals surface area (Å²) in [6, 6.07) is 5.07. The summed E-state index contributed by atoms with van der Waals surface area (Å²) >= 11 is 6.24. The van der Waals surface area contributed by atoms with Gasteiger partial charge < -0.3 is 4.90 Å². The number of benzene rings is 1. The zero-order chi connectivity index (χ0) is 24.0. The first-order valence-electron chi connectivity index (χ1n) is 11.1. The standard InChI is InChI=1S/C23H22ClF3N6O/c1-13-14-8-17(9-14)32(19(13)4-5-21-28-11-15(12-29-21)23(25,26)27)22(34)18-10-16(24)2-3-20(18)33-30-6-7-31-33/h2-3,6-7,10-14,17,19H,4-5,8-9H2,1H3/t13-,14?,17?,19?/m1/s1. The molecule has 2 bridgehead atoms. The number of halogens is 4. The van der Waals surface area contributed by atoms with Crippen molar-refractivity contribution in [3.05, 3.63) is 65.0 Å². The molecule has 3 aliphatic rings. The minimum atomic E-state index is -4.47. The van der Waals surface area contributed by atoms with Crippen LogP contribution < -0.4 is 0 Å². The summed E-state index contributed by atoms with van der Waals surface area (Å²) in [6.07, 6.45) is 3.03. The highest BCUT2D eigenvalue weighted by Crippen LogP contribution is 2.48. The number of amides is 1. The first-order chi connectivity index (χ1) is 16.2. The predicted octanol–water partition coefficient (Wildman–Crippen LogP) is 4.60. The van der Waals surface area contributed by atoms with E-state index in [2.05, 4.69) is 27.1 Å². The summed E-state index contributed by atoms with van der Waals surface area (Å²) in [7, 11) is 0. The molecule has 6 rings (SSSR count). The Kier molecular flexibility index (Phi) is 5.79. The molecule has 2 atom stereocenters. The van der Waals surface area contributed by atoms with Crippen molar-refractivity contribution in [1.82, 2.24) is 29.9 Å². The first-order valence-corrected chi connectivity index (χ1v) is 11.5. The molecule has 1 aromatic carbocycles. The van der Waals surface area contributed by atoms with Gasteiger partial charge in [-0.05, 0) is 49.3 Å². The minimum absolute atomic E-state index is 0.0895. The Balaban J connectivity index is 1.40. The van der Waals surface area contributed by atoms with Crippen LogP contribution in [0.3, 0.4) is 0 Å². The smallest absolute Gasteiger partial charge is 0.332 e. The Morgan fingerprint density at radius 3 is 2.47 bits per heavy atom. The molecule has 1 unspecified atom stereocenters. The van der Waals surface area contributed by atoms with Crippen molar-refractivity contribution in [2.24, 2.45) is 11.8 Å². The number of nitrogens with zero attached hydrogens (tertiary/aromatic N) is 6. The first kappa shape index (κ1) is 22.8. The SMILES string of the molecule is C[C@@H]1C2CC(C2)N(C(=O)c2cc(Cl)ccc2-n2nccn2)C1CCc1ncc(C(F)(F)F)cn1. The number of aromatic nitrogens is 5. The number of hydrogen-bond donors (Lipinski definition) is 0. The molecule has 1 saturated carbocycles. The van der Waals surface area contributed by atoms with E-state index in [1.165, 1.54) is 17.2 Å². The molecular weight excluding hydrogens is 469 g/mol. The van der Waals surface area contributed by atoms with Gasteiger partial charge in [0.2, 0.25) is 0 Å². The van der Waals surface area contributed by atoms with E-state index in [1.807, 2.05) is 4.90 Å². The maximum atomic E-state index is 13.9. The Bertz CT molecular complexity index is 1180. The third-order valence-corrected chi connectivity index (χ3v) is 7.24.